The molecule has 0 spiro atoms. The molecule has 0 bridgehead atoms. The number of aromatic nitrogens is 2. The van der Waals surface area contributed by atoms with Crippen molar-refractivity contribution in [2.75, 3.05) is 25.0 Å². The van der Waals surface area contributed by atoms with Crippen molar-refractivity contribution in [3.05, 3.63) is 21.6 Å². The van der Waals surface area contributed by atoms with E-state index in [2.05, 4.69) is 15.3 Å². The Morgan fingerprint density at radius 3 is 2.64 bits per heavy atom. The summed E-state index contributed by atoms with van der Waals surface area (Å²) in [6, 6.07) is 0.381. The number of nitrogens with zero attached hydrogens (tertiary/aromatic N) is 3. The smallest absolute Gasteiger partial charge is 0.287 e. The highest BCUT2D eigenvalue weighted by Gasteiger charge is 2.24. The molecule has 2 aliphatic rings. The molecule has 5 nitrogen and oxygen atoms in total. The predicted molar refractivity (Wildman–Crippen MR) is 89.5 cm³/mol. The molecule has 0 atom stereocenters. The van der Waals surface area contributed by atoms with Crippen molar-refractivity contribution in [3.8, 4) is 0 Å². The summed E-state index contributed by atoms with van der Waals surface area (Å²) in [6.45, 7) is 3.52. The van der Waals surface area contributed by atoms with E-state index in [1.165, 1.54) is 36.9 Å². The summed E-state index contributed by atoms with van der Waals surface area (Å²) in [5.41, 5.74) is 0.421. The fraction of sp³-hybridized carbons (Fsp3) is 0.750. The van der Waals surface area contributed by atoms with E-state index in [1.54, 1.807) is 13.2 Å². The quantitative estimate of drug-likeness (QED) is 0.924. The van der Waals surface area contributed by atoms with Crippen LogP contribution in [0.15, 0.2) is 11.0 Å². The van der Waals surface area contributed by atoms with E-state index < -0.39 is 0 Å². The van der Waals surface area contributed by atoms with Crippen LogP contribution < -0.4 is 10.9 Å². The van der Waals surface area contributed by atoms with Crippen LogP contribution in [0.3, 0.4) is 0 Å². The Kier molecular flexibility index (Phi) is 5.03. The first-order valence-electron chi connectivity index (χ1n) is 8.34. The van der Waals surface area contributed by atoms with Gasteiger partial charge in [0.1, 0.15) is 5.02 Å². The van der Waals surface area contributed by atoms with Crippen LogP contribution in [-0.4, -0.2) is 40.4 Å². The first kappa shape index (κ1) is 15.8. The standard InChI is InChI=1S/C16H25ClN4O/c1-20-16(22)15(17)14(10-18-20)19-13-6-8-21(9-7-13)11-12-4-2-3-5-12/h10,12-13,19H,2-9,11H2,1H3. The molecule has 0 radical (unpaired) electrons. The maximum absolute atomic E-state index is 11.8. The van der Waals surface area contributed by atoms with Gasteiger partial charge in [0.2, 0.25) is 0 Å². The molecule has 122 valence electrons. The third kappa shape index (κ3) is 3.63. The molecule has 3 rings (SSSR count). The number of nitrogens with one attached hydrogen (secondary N) is 1. The molecule has 1 aromatic rings. The van der Waals surface area contributed by atoms with Gasteiger partial charge >= 0.3 is 0 Å². The molecule has 1 aromatic heterocycles. The van der Waals surface area contributed by atoms with Crippen molar-refractivity contribution in [1.29, 1.82) is 0 Å². The molecule has 0 aromatic carbocycles. The highest BCUT2D eigenvalue weighted by molar-refractivity contribution is 6.32. The Morgan fingerprint density at radius 2 is 1.95 bits per heavy atom. The zero-order valence-corrected chi connectivity index (χ0v) is 14.0. The lowest BCUT2D eigenvalue weighted by Crippen LogP contribution is -2.41. The number of hydrogen-bond donors (Lipinski definition) is 1. The lowest BCUT2D eigenvalue weighted by molar-refractivity contribution is 0.189. The second-order valence-electron chi connectivity index (χ2n) is 6.67. The molecule has 2 heterocycles. The number of piperidine rings is 1. The van der Waals surface area contributed by atoms with Gasteiger partial charge in [0.05, 0.1) is 11.9 Å². The maximum atomic E-state index is 11.8. The Balaban J connectivity index is 1.51. The minimum absolute atomic E-state index is 0.242. The van der Waals surface area contributed by atoms with E-state index in [1.807, 2.05) is 0 Å². The monoisotopic (exact) mass is 324 g/mol. The summed E-state index contributed by atoms with van der Waals surface area (Å²) in [7, 11) is 1.61. The zero-order chi connectivity index (χ0) is 15.5. The molecule has 0 amide bonds. The molecule has 1 saturated heterocycles. The largest absolute Gasteiger partial charge is 0.380 e. The zero-order valence-electron chi connectivity index (χ0n) is 13.2. The normalized spacial score (nSPS) is 21.4. The van der Waals surface area contributed by atoms with Crippen LogP contribution in [0.25, 0.3) is 0 Å². The van der Waals surface area contributed by atoms with Gasteiger partial charge in [-0.3, -0.25) is 4.79 Å². The van der Waals surface area contributed by atoms with E-state index >= 15 is 0 Å². The Hall–Kier alpha value is -1.07. The summed E-state index contributed by atoms with van der Waals surface area (Å²) < 4.78 is 1.26. The Labute approximate surface area is 136 Å². The van der Waals surface area contributed by atoms with Crippen molar-refractivity contribution in [2.24, 2.45) is 13.0 Å². The van der Waals surface area contributed by atoms with Crippen LogP contribution in [0.1, 0.15) is 38.5 Å². The third-order valence-corrected chi connectivity index (χ3v) is 5.38. The molecule has 6 heteroatoms. The number of anilines is 1. The van der Waals surface area contributed by atoms with Crippen molar-refractivity contribution in [3.63, 3.8) is 0 Å². The summed E-state index contributed by atoms with van der Waals surface area (Å²) >= 11 is 6.11. The highest BCUT2D eigenvalue weighted by Crippen LogP contribution is 2.27. The molecule has 1 aliphatic heterocycles. The summed E-state index contributed by atoms with van der Waals surface area (Å²) in [5, 5.41) is 7.67. The summed E-state index contributed by atoms with van der Waals surface area (Å²) in [4.78, 5) is 14.4. The van der Waals surface area contributed by atoms with Gasteiger partial charge in [-0.05, 0) is 31.6 Å². The minimum atomic E-state index is -0.245. The molecule has 0 unspecified atom stereocenters. The highest BCUT2D eigenvalue weighted by atomic mass is 35.5. The molecule has 22 heavy (non-hydrogen) atoms. The molecule has 2 fully saturated rings. The van der Waals surface area contributed by atoms with Crippen LogP contribution in [0.4, 0.5) is 5.69 Å². The van der Waals surface area contributed by atoms with E-state index in [9.17, 15) is 4.79 Å². The van der Waals surface area contributed by atoms with Gasteiger partial charge in [-0.25, -0.2) is 4.68 Å². The van der Waals surface area contributed by atoms with Crippen molar-refractivity contribution < 1.29 is 0 Å². The second-order valence-corrected chi connectivity index (χ2v) is 7.05. The van der Waals surface area contributed by atoms with Gasteiger partial charge in [-0.2, -0.15) is 5.10 Å². The van der Waals surface area contributed by atoms with Crippen LogP contribution in [0, 0.1) is 5.92 Å². The number of halogens is 1. The number of hydrogen-bond acceptors (Lipinski definition) is 4. The summed E-state index contributed by atoms with van der Waals surface area (Å²) in [5.74, 6) is 0.917. The van der Waals surface area contributed by atoms with Gasteiger partial charge in [-0.1, -0.05) is 24.4 Å². The van der Waals surface area contributed by atoms with Crippen LogP contribution in [0.5, 0.6) is 0 Å². The van der Waals surface area contributed by atoms with E-state index in [-0.39, 0.29) is 10.6 Å². The predicted octanol–water partition coefficient (Wildman–Crippen LogP) is 2.50. The van der Waals surface area contributed by atoms with Gasteiger partial charge in [0.15, 0.2) is 0 Å². The SMILES string of the molecule is Cn1ncc(NC2CCN(CC3CCCC3)CC2)c(Cl)c1=O. The fourth-order valence-electron chi connectivity index (χ4n) is 3.65. The molecule has 1 aliphatic carbocycles. The average molecular weight is 325 g/mol. The maximum Gasteiger partial charge on any atom is 0.287 e. The average Bonchev–Trinajstić information content (AvgIpc) is 3.03. The number of aryl methyl sites for hydroxylation is 1. The van der Waals surface area contributed by atoms with E-state index in [0.29, 0.717) is 11.7 Å². The molecule has 1 saturated carbocycles. The fourth-order valence-corrected chi connectivity index (χ4v) is 3.87. The van der Waals surface area contributed by atoms with E-state index in [4.69, 9.17) is 11.6 Å². The summed E-state index contributed by atoms with van der Waals surface area (Å²) in [6.07, 6.45) is 9.49. The van der Waals surface area contributed by atoms with Gasteiger partial charge in [0, 0.05) is 32.7 Å². The topological polar surface area (TPSA) is 50.2 Å². The van der Waals surface area contributed by atoms with Gasteiger partial charge in [0.25, 0.3) is 5.56 Å². The Bertz CT molecular complexity index is 560. The molecular weight excluding hydrogens is 300 g/mol. The number of rotatable bonds is 4. The van der Waals surface area contributed by atoms with Crippen LogP contribution >= 0.6 is 11.6 Å². The molecule has 1 N–H and O–H groups in total. The number of likely N-dealkylation sites (tertiary alicyclic amines) is 1. The van der Waals surface area contributed by atoms with Gasteiger partial charge < -0.3 is 10.2 Å². The van der Waals surface area contributed by atoms with E-state index in [0.717, 1.165) is 31.8 Å². The van der Waals surface area contributed by atoms with Crippen LogP contribution in [0.2, 0.25) is 5.02 Å². The third-order valence-electron chi connectivity index (χ3n) is 5.02. The molecular formula is C16H25ClN4O. The second kappa shape index (κ2) is 7.01. The lowest BCUT2D eigenvalue weighted by Gasteiger charge is -2.34. The van der Waals surface area contributed by atoms with Gasteiger partial charge in [-0.15, -0.1) is 0 Å². The Morgan fingerprint density at radius 1 is 1.27 bits per heavy atom. The van der Waals surface area contributed by atoms with Crippen molar-refractivity contribution in [2.45, 2.75) is 44.6 Å². The first-order chi connectivity index (χ1) is 10.6. The van der Waals surface area contributed by atoms with Crippen molar-refractivity contribution >= 4 is 17.3 Å². The minimum Gasteiger partial charge on any atom is -0.380 e. The first-order valence-corrected chi connectivity index (χ1v) is 8.72. The lowest BCUT2D eigenvalue weighted by atomic mass is 10.0. The van der Waals surface area contributed by atoms with Crippen LogP contribution in [-0.2, 0) is 7.05 Å². The van der Waals surface area contributed by atoms with Crippen molar-refractivity contribution in [1.82, 2.24) is 14.7 Å².